The molecule has 0 saturated heterocycles. The predicted molar refractivity (Wildman–Crippen MR) is 95.1 cm³/mol. The fourth-order valence-corrected chi connectivity index (χ4v) is 2.02. The Balaban J connectivity index is 2.94. The number of carbonyl (C=O) groups excluding carboxylic acids is 1. The normalized spacial score (nSPS) is 14.3. The van der Waals surface area contributed by atoms with Crippen molar-refractivity contribution in [2.75, 3.05) is 11.9 Å². The SMILES string of the molecule is CCCO[C@@](C)(CC)C(=O)Nc1ccc(O[C@H](C)CC)cc1C#N. The molecule has 0 aliphatic carbocycles. The number of benzene rings is 1. The molecule has 0 bridgehead atoms. The van der Waals surface area contributed by atoms with Gasteiger partial charge in [0.15, 0.2) is 0 Å². The Morgan fingerprint density at radius 1 is 1.38 bits per heavy atom. The highest BCUT2D eigenvalue weighted by molar-refractivity contribution is 5.98. The van der Waals surface area contributed by atoms with Gasteiger partial charge in [0.1, 0.15) is 17.4 Å². The van der Waals surface area contributed by atoms with Crippen molar-refractivity contribution >= 4 is 11.6 Å². The molecule has 0 aliphatic rings. The van der Waals surface area contributed by atoms with Crippen molar-refractivity contribution in [3.8, 4) is 11.8 Å². The first-order valence-corrected chi connectivity index (χ1v) is 8.56. The Morgan fingerprint density at radius 3 is 2.62 bits per heavy atom. The van der Waals surface area contributed by atoms with Crippen LogP contribution in [-0.2, 0) is 9.53 Å². The molecule has 5 heteroatoms. The molecule has 1 amide bonds. The first-order chi connectivity index (χ1) is 11.4. The molecule has 2 atom stereocenters. The van der Waals surface area contributed by atoms with E-state index in [1.54, 1.807) is 25.1 Å². The lowest BCUT2D eigenvalue weighted by Crippen LogP contribution is -2.42. The molecular formula is C19H28N2O3. The van der Waals surface area contributed by atoms with Gasteiger partial charge >= 0.3 is 0 Å². The van der Waals surface area contributed by atoms with E-state index in [1.165, 1.54) is 0 Å². The highest BCUT2D eigenvalue weighted by atomic mass is 16.5. The zero-order valence-electron chi connectivity index (χ0n) is 15.3. The molecule has 0 heterocycles. The van der Waals surface area contributed by atoms with Crippen LogP contribution in [0.25, 0.3) is 0 Å². The highest BCUT2D eigenvalue weighted by Gasteiger charge is 2.32. The number of hydrogen-bond donors (Lipinski definition) is 1. The number of carbonyl (C=O) groups is 1. The van der Waals surface area contributed by atoms with E-state index in [9.17, 15) is 10.1 Å². The van der Waals surface area contributed by atoms with Crippen LogP contribution in [0.5, 0.6) is 5.75 Å². The standard InChI is InChI=1S/C19H28N2O3/c1-6-11-23-19(5,8-3)18(22)21-17-10-9-16(12-15(17)13-20)24-14(4)7-2/h9-10,12,14H,6-8,11H2,1-5H3,(H,21,22)/t14-,19+/m1/s1. The summed E-state index contributed by atoms with van der Waals surface area (Å²) >= 11 is 0. The van der Waals surface area contributed by atoms with Crippen molar-refractivity contribution < 1.29 is 14.3 Å². The second-order valence-electron chi connectivity index (χ2n) is 6.04. The average Bonchev–Trinajstić information content (AvgIpc) is 2.60. The molecule has 24 heavy (non-hydrogen) atoms. The van der Waals surface area contributed by atoms with Crippen molar-refractivity contribution in [3.63, 3.8) is 0 Å². The lowest BCUT2D eigenvalue weighted by Gasteiger charge is -2.27. The molecule has 0 fully saturated rings. The molecule has 0 radical (unpaired) electrons. The lowest BCUT2D eigenvalue weighted by atomic mass is 10.0. The van der Waals surface area contributed by atoms with Crippen LogP contribution in [0, 0.1) is 11.3 Å². The van der Waals surface area contributed by atoms with Gasteiger partial charge in [-0.05, 0) is 45.2 Å². The van der Waals surface area contributed by atoms with Gasteiger partial charge in [0.25, 0.3) is 5.91 Å². The van der Waals surface area contributed by atoms with Crippen molar-refractivity contribution in [1.29, 1.82) is 5.26 Å². The molecule has 0 aromatic heterocycles. The molecule has 132 valence electrons. The summed E-state index contributed by atoms with van der Waals surface area (Å²) in [6.45, 7) is 10.2. The second kappa shape index (κ2) is 9.29. The molecule has 0 aliphatic heterocycles. The van der Waals surface area contributed by atoms with Crippen LogP contribution >= 0.6 is 0 Å². The van der Waals surface area contributed by atoms with E-state index >= 15 is 0 Å². The van der Waals surface area contributed by atoms with Gasteiger partial charge in [0.2, 0.25) is 0 Å². The third-order valence-electron chi connectivity index (χ3n) is 4.05. The Bertz CT molecular complexity index is 595. The van der Waals surface area contributed by atoms with Gasteiger partial charge in [-0.3, -0.25) is 4.79 Å². The maximum absolute atomic E-state index is 12.6. The van der Waals surface area contributed by atoms with Crippen molar-refractivity contribution in [3.05, 3.63) is 23.8 Å². The van der Waals surface area contributed by atoms with Crippen LogP contribution < -0.4 is 10.1 Å². The van der Waals surface area contributed by atoms with Crippen molar-refractivity contribution in [1.82, 2.24) is 0 Å². The number of nitrogens with one attached hydrogen (secondary N) is 1. The average molecular weight is 332 g/mol. The second-order valence-corrected chi connectivity index (χ2v) is 6.04. The minimum Gasteiger partial charge on any atom is -0.491 e. The zero-order chi connectivity index (χ0) is 18.2. The predicted octanol–water partition coefficient (Wildman–Crippen LogP) is 4.27. The Labute approximate surface area is 145 Å². The van der Waals surface area contributed by atoms with E-state index in [1.807, 2.05) is 27.7 Å². The van der Waals surface area contributed by atoms with Gasteiger partial charge in [-0.25, -0.2) is 0 Å². The van der Waals surface area contributed by atoms with Gasteiger partial charge in [-0.1, -0.05) is 20.8 Å². The van der Waals surface area contributed by atoms with Crippen molar-refractivity contribution in [2.45, 2.75) is 65.6 Å². The number of anilines is 1. The fourth-order valence-electron chi connectivity index (χ4n) is 2.02. The summed E-state index contributed by atoms with van der Waals surface area (Å²) in [7, 11) is 0. The third-order valence-corrected chi connectivity index (χ3v) is 4.05. The van der Waals surface area contributed by atoms with E-state index in [0.717, 1.165) is 12.8 Å². The summed E-state index contributed by atoms with van der Waals surface area (Å²) < 4.78 is 11.4. The van der Waals surface area contributed by atoms with Crippen molar-refractivity contribution in [2.24, 2.45) is 0 Å². The topological polar surface area (TPSA) is 71.3 Å². The summed E-state index contributed by atoms with van der Waals surface area (Å²) in [6.07, 6.45) is 2.34. The summed E-state index contributed by atoms with van der Waals surface area (Å²) in [4.78, 5) is 12.6. The molecule has 0 unspecified atom stereocenters. The number of nitrogens with zero attached hydrogens (tertiary/aromatic N) is 1. The number of amides is 1. The zero-order valence-corrected chi connectivity index (χ0v) is 15.3. The minimum atomic E-state index is -0.908. The minimum absolute atomic E-state index is 0.0720. The largest absolute Gasteiger partial charge is 0.491 e. The maximum atomic E-state index is 12.6. The maximum Gasteiger partial charge on any atom is 0.256 e. The Kier molecular flexibility index (Phi) is 7.73. The number of hydrogen-bond acceptors (Lipinski definition) is 4. The molecular weight excluding hydrogens is 304 g/mol. The molecule has 1 aromatic carbocycles. The first-order valence-electron chi connectivity index (χ1n) is 8.56. The molecule has 0 spiro atoms. The van der Waals surface area contributed by atoms with Gasteiger partial charge in [-0.15, -0.1) is 0 Å². The van der Waals surface area contributed by atoms with Crippen LogP contribution in [0.1, 0.15) is 59.4 Å². The van der Waals surface area contributed by atoms with Crippen LogP contribution in [0.4, 0.5) is 5.69 Å². The van der Waals surface area contributed by atoms with Gasteiger partial charge in [0.05, 0.1) is 17.4 Å². The van der Waals surface area contributed by atoms with E-state index in [2.05, 4.69) is 11.4 Å². The Hall–Kier alpha value is -2.06. The van der Waals surface area contributed by atoms with Crippen LogP contribution in [0.2, 0.25) is 0 Å². The number of nitriles is 1. The lowest BCUT2D eigenvalue weighted by molar-refractivity contribution is -0.139. The quantitative estimate of drug-likeness (QED) is 0.733. The highest BCUT2D eigenvalue weighted by Crippen LogP contribution is 2.25. The van der Waals surface area contributed by atoms with Crippen LogP contribution in [-0.4, -0.2) is 24.2 Å². The summed E-state index contributed by atoms with van der Waals surface area (Å²) in [5.41, 5.74) is -0.0638. The summed E-state index contributed by atoms with van der Waals surface area (Å²) in [5.74, 6) is 0.380. The fraction of sp³-hybridized carbons (Fsp3) is 0.579. The van der Waals surface area contributed by atoms with E-state index in [-0.39, 0.29) is 12.0 Å². The summed E-state index contributed by atoms with van der Waals surface area (Å²) in [5, 5.41) is 12.2. The van der Waals surface area contributed by atoms with Gasteiger partial charge in [-0.2, -0.15) is 5.26 Å². The molecule has 0 saturated carbocycles. The van der Waals surface area contributed by atoms with E-state index in [0.29, 0.717) is 30.0 Å². The molecule has 1 N–H and O–H groups in total. The summed E-state index contributed by atoms with van der Waals surface area (Å²) in [6, 6.07) is 7.22. The first kappa shape index (κ1) is 20.0. The van der Waals surface area contributed by atoms with Gasteiger partial charge in [0, 0.05) is 12.7 Å². The van der Waals surface area contributed by atoms with Crippen LogP contribution in [0.3, 0.4) is 0 Å². The monoisotopic (exact) mass is 332 g/mol. The van der Waals surface area contributed by atoms with E-state index in [4.69, 9.17) is 9.47 Å². The molecule has 5 nitrogen and oxygen atoms in total. The smallest absolute Gasteiger partial charge is 0.256 e. The van der Waals surface area contributed by atoms with Crippen LogP contribution in [0.15, 0.2) is 18.2 Å². The third kappa shape index (κ3) is 5.24. The Morgan fingerprint density at radius 2 is 2.08 bits per heavy atom. The number of ether oxygens (including phenoxy) is 2. The molecule has 1 rings (SSSR count). The van der Waals surface area contributed by atoms with Gasteiger partial charge < -0.3 is 14.8 Å². The number of rotatable bonds is 9. The molecule has 1 aromatic rings. The van der Waals surface area contributed by atoms with E-state index < -0.39 is 5.60 Å².